The molecule has 0 heterocycles. The van der Waals surface area contributed by atoms with Crippen LogP contribution in [0.5, 0.6) is 5.75 Å². The van der Waals surface area contributed by atoms with Gasteiger partial charge in [-0.1, -0.05) is 76.6 Å². The van der Waals surface area contributed by atoms with Gasteiger partial charge in [0, 0.05) is 23.0 Å². The van der Waals surface area contributed by atoms with Gasteiger partial charge in [-0.2, -0.15) is 0 Å². The third kappa shape index (κ3) is 9.43. The molecule has 0 saturated carbocycles. The van der Waals surface area contributed by atoms with Crippen molar-refractivity contribution in [3.05, 3.63) is 125 Å². The zero-order valence-corrected chi connectivity index (χ0v) is 28.9. The van der Waals surface area contributed by atoms with E-state index in [-0.39, 0.29) is 23.8 Å². The Hall–Kier alpha value is -4.15. The maximum Gasteiger partial charge on any atom is 0.264 e. The third-order valence-corrected chi connectivity index (χ3v) is 9.34. The first-order chi connectivity index (χ1) is 21.9. The van der Waals surface area contributed by atoms with E-state index in [9.17, 15) is 18.0 Å². The molecule has 0 radical (unpaired) electrons. The molecule has 0 saturated heterocycles. The Labute approximate surface area is 280 Å². The second-order valence-corrected chi connectivity index (χ2v) is 14.6. The summed E-state index contributed by atoms with van der Waals surface area (Å²) in [4.78, 5) is 30.1. The number of amides is 2. The number of halogens is 1. The van der Waals surface area contributed by atoms with Crippen LogP contribution in [0.3, 0.4) is 0 Å². The second-order valence-electron chi connectivity index (χ2n) is 11.8. The highest BCUT2D eigenvalue weighted by atomic mass is 79.9. The van der Waals surface area contributed by atoms with Crippen molar-refractivity contribution in [3.63, 3.8) is 0 Å². The van der Waals surface area contributed by atoms with Gasteiger partial charge in [0.2, 0.25) is 11.8 Å². The van der Waals surface area contributed by atoms with Crippen LogP contribution in [-0.4, -0.2) is 49.9 Å². The molecular weight excluding hydrogens is 666 g/mol. The second kappa shape index (κ2) is 15.4. The minimum absolute atomic E-state index is 0.0431. The van der Waals surface area contributed by atoms with Crippen LogP contribution in [0.2, 0.25) is 0 Å². The van der Waals surface area contributed by atoms with Crippen molar-refractivity contribution in [2.75, 3.05) is 17.5 Å². The predicted molar refractivity (Wildman–Crippen MR) is 185 cm³/mol. The molecule has 0 aliphatic heterocycles. The number of anilines is 1. The van der Waals surface area contributed by atoms with Gasteiger partial charge in [0.15, 0.2) is 0 Å². The predicted octanol–water partition coefficient (Wildman–Crippen LogP) is 6.60. The molecule has 1 N–H and O–H groups in total. The molecule has 10 heteroatoms. The minimum atomic E-state index is -4.18. The molecule has 1 unspecified atom stereocenters. The van der Waals surface area contributed by atoms with E-state index < -0.39 is 34.1 Å². The Balaban J connectivity index is 1.81. The lowest BCUT2D eigenvalue weighted by Gasteiger charge is -2.35. The summed E-state index contributed by atoms with van der Waals surface area (Å²) in [6.45, 7) is 7.50. The van der Waals surface area contributed by atoms with Crippen molar-refractivity contribution in [1.29, 1.82) is 0 Å². The van der Waals surface area contributed by atoms with Crippen LogP contribution in [0.25, 0.3) is 0 Å². The molecule has 0 aliphatic carbocycles. The molecule has 4 aromatic carbocycles. The number of hydrogen-bond donors (Lipinski definition) is 1. The fourth-order valence-electron chi connectivity index (χ4n) is 4.96. The summed E-state index contributed by atoms with van der Waals surface area (Å²) in [5.74, 6) is -0.288. The Kier molecular flexibility index (Phi) is 11.6. The first-order valence-corrected chi connectivity index (χ1v) is 17.3. The van der Waals surface area contributed by atoms with E-state index in [0.717, 1.165) is 19.9 Å². The maximum absolute atomic E-state index is 14.6. The fraction of sp³-hybridized carbons (Fsp3) is 0.278. The van der Waals surface area contributed by atoms with E-state index in [2.05, 4.69) is 21.2 Å². The van der Waals surface area contributed by atoms with Gasteiger partial charge in [0.05, 0.1) is 17.2 Å². The third-order valence-electron chi connectivity index (χ3n) is 7.06. The molecule has 0 aromatic heterocycles. The summed E-state index contributed by atoms with van der Waals surface area (Å²) in [6.07, 6.45) is 0.233. The van der Waals surface area contributed by atoms with Crippen LogP contribution in [0.15, 0.2) is 119 Å². The summed E-state index contributed by atoms with van der Waals surface area (Å²) in [7, 11) is -4.18. The van der Waals surface area contributed by atoms with Gasteiger partial charge >= 0.3 is 0 Å². The number of rotatable bonds is 13. The number of hydrogen-bond acceptors (Lipinski definition) is 5. The van der Waals surface area contributed by atoms with Crippen molar-refractivity contribution >= 4 is 43.5 Å². The molecule has 4 rings (SSSR count). The number of benzene rings is 4. The summed E-state index contributed by atoms with van der Waals surface area (Å²) < 4.78 is 35.7. The normalized spacial score (nSPS) is 12.2. The van der Waals surface area contributed by atoms with Crippen molar-refractivity contribution in [3.8, 4) is 5.75 Å². The molecule has 242 valence electrons. The van der Waals surface area contributed by atoms with E-state index >= 15 is 0 Å². The van der Waals surface area contributed by atoms with Gasteiger partial charge in [-0.25, -0.2) is 8.42 Å². The zero-order chi connectivity index (χ0) is 33.3. The van der Waals surface area contributed by atoms with E-state index in [4.69, 9.17) is 4.74 Å². The van der Waals surface area contributed by atoms with Crippen LogP contribution in [0.1, 0.15) is 38.8 Å². The van der Waals surface area contributed by atoms with Crippen molar-refractivity contribution in [1.82, 2.24) is 10.2 Å². The highest BCUT2D eigenvalue weighted by Crippen LogP contribution is 2.27. The standard InChI is InChI=1S/C36H40BrN3O5S/c1-5-45-31-21-19-30(20-22-31)40(46(43,44)32-17-10-7-11-18-32)26-34(41)39(25-28-15-12-16-29(37)23-28)33(35(42)38-36(2,3)4)24-27-13-8-6-9-14-27/h6-23,33H,5,24-26H2,1-4H3,(H,38,42). The number of sulfonamides is 1. The topological polar surface area (TPSA) is 96.0 Å². The van der Waals surface area contributed by atoms with Crippen LogP contribution < -0.4 is 14.4 Å². The smallest absolute Gasteiger partial charge is 0.264 e. The molecule has 1 atom stereocenters. The first kappa shape index (κ1) is 34.7. The van der Waals surface area contributed by atoms with Crippen LogP contribution in [0, 0.1) is 0 Å². The van der Waals surface area contributed by atoms with Gasteiger partial charge < -0.3 is 15.0 Å². The van der Waals surface area contributed by atoms with Crippen LogP contribution in [-0.2, 0) is 32.6 Å². The van der Waals surface area contributed by atoms with Gasteiger partial charge in [-0.3, -0.25) is 13.9 Å². The quantitative estimate of drug-likeness (QED) is 0.169. The Bertz CT molecular complexity index is 1710. The zero-order valence-electron chi connectivity index (χ0n) is 26.5. The van der Waals surface area contributed by atoms with Crippen molar-refractivity contribution in [2.45, 2.75) is 57.1 Å². The van der Waals surface area contributed by atoms with Gasteiger partial charge in [0.25, 0.3) is 10.0 Å². The van der Waals surface area contributed by atoms with E-state index in [1.807, 2.05) is 82.3 Å². The number of carbonyl (C=O) groups is 2. The van der Waals surface area contributed by atoms with Gasteiger partial charge in [-0.05, 0) is 87.4 Å². The number of nitrogens with zero attached hydrogens (tertiary/aromatic N) is 2. The monoisotopic (exact) mass is 705 g/mol. The largest absolute Gasteiger partial charge is 0.494 e. The first-order valence-electron chi connectivity index (χ1n) is 15.1. The number of carbonyl (C=O) groups excluding carboxylic acids is 2. The molecule has 0 bridgehead atoms. The molecule has 8 nitrogen and oxygen atoms in total. The van der Waals surface area contributed by atoms with Crippen LogP contribution >= 0.6 is 15.9 Å². The highest BCUT2D eigenvalue weighted by Gasteiger charge is 2.35. The van der Waals surface area contributed by atoms with E-state index in [0.29, 0.717) is 18.0 Å². The molecule has 0 fully saturated rings. The summed E-state index contributed by atoms with van der Waals surface area (Å²) in [6, 6.07) is 30.6. The lowest BCUT2D eigenvalue weighted by molar-refractivity contribution is -0.140. The number of ether oxygens (including phenoxy) is 1. The van der Waals surface area contributed by atoms with E-state index in [1.165, 1.54) is 17.0 Å². The SMILES string of the molecule is CCOc1ccc(N(CC(=O)N(Cc2cccc(Br)c2)C(Cc2ccccc2)C(=O)NC(C)(C)C)S(=O)(=O)c2ccccc2)cc1. The van der Waals surface area contributed by atoms with Gasteiger partial charge in [-0.15, -0.1) is 0 Å². The molecule has 2 amide bonds. The minimum Gasteiger partial charge on any atom is -0.494 e. The Morgan fingerprint density at radius 3 is 2.04 bits per heavy atom. The fourth-order valence-corrected chi connectivity index (χ4v) is 6.84. The maximum atomic E-state index is 14.6. The summed E-state index contributed by atoms with van der Waals surface area (Å²) in [5.41, 5.74) is 1.37. The molecular formula is C36H40BrN3O5S. The summed E-state index contributed by atoms with van der Waals surface area (Å²) >= 11 is 3.51. The average molecular weight is 707 g/mol. The van der Waals surface area contributed by atoms with Crippen molar-refractivity contribution in [2.24, 2.45) is 0 Å². The molecule has 4 aromatic rings. The molecule has 0 aliphatic rings. The molecule has 0 spiro atoms. The lowest BCUT2D eigenvalue weighted by atomic mass is 10.0. The highest BCUT2D eigenvalue weighted by molar-refractivity contribution is 9.10. The van der Waals surface area contributed by atoms with Crippen LogP contribution in [0.4, 0.5) is 5.69 Å². The van der Waals surface area contributed by atoms with E-state index in [1.54, 1.807) is 42.5 Å². The van der Waals surface area contributed by atoms with Crippen molar-refractivity contribution < 1.29 is 22.7 Å². The molecule has 46 heavy (non-hydrogen) atoms. The average Bonchev–Trinajstić information content (AvgIpc) is 3.02. The van der Waals surface area contributed by atoms with Gasteiger partial charge in [0.1, 0.15) is 18.3 Å². The Morgan fingerprint density at radius 1 is 0.848 bits per heavy atom. The summed E-state index contributed by atoms with van der Waals surface area (Å²) in [5, 5.41) is 3.04. The Morgan fingerprint density at radius 2 is 1.46 bits per heavy atom. The lowest BCUT2D eigenvalue weighted by Crippen LogP contribution is -2.56. The number of nitrogens with one attached hydrogen (secondary N) is 1.